The lowest BCUT2D eigenvalue weighted by molar-refractivity contribution is 0.572. The number of aryl methyl sites for hydroxylation is 1. The standard InChI is InChI=1S/C16H14ClN5OS/c1-21-12-6-5-10(17)8-11(12)18-14(21)9-24-16-20-19-15(22(16)2)13-4-3-7-23-13/h3-8H,9H2,1-2H3. The Kier molecular flexibility index (Phi) is 3.82. The van der Waals surface area contributed by atoms with E-state index >= 15 is 0 Å². The highest BCUT2D eigenvalue weighted by atomic mass is 35.5. The second kappa shape index (κ2) is 5.99. The third kappa shape index (κ3) is 2.59. The summed E-state index contributed by atoms with van der Waals surface area (Å²) in [5, 5.41) is 9.95. The molecule has 0 fully saturated rings. The maximum atomic E-state index is 6.04. The minimum absolute atomic E-state index is 0.687. The smallest absolute Gasteiger partial charge is 0.200 e. The van der Waals surface area contributed by atoms with Gasteiger partial charge in [-0.15, -0.1) is 10.2 Å². The van der Waals surface area contributed by atoms with Gasteiger partial charge in [-0.3, -0.25) is 0 Å². The van der Waals surface area contributed by atoms with Crippen molar-refractivity contribution in [2.45, 2.75) is 10.9 Å². The summed E-state index contributed by atoms with van der Waals surface area (Å²) in [6.45, 7) is 0. The molecule has 24 heavy (non-hydrogen) atoms. The van der Waals surface area contributed by atoms with Gasteiger partial charge in [-0.05, 0) is 30.3 Å². The van der Waals surface area contributed by atoms with Crippen molar-refractivity contribution >= 4 is 34.4 Å². The molecule has 4 rings (SSSR count). The molecule has 0 saturated carbocycles. The van der Waals surface area contributed by atoms with Gasteiger partial charge >= 0.3 is 0 Å². The average Bonchev–Trinajstić information content (AvgIpc) is 3.26. The number of fused-ring (bicyclic) bond motifs is 1. The highest BCUT2D eigenvalue weighted by molar-refractivity contribution is 7.98. The molecule has 0 N–H and O–H groups in total. The van der Waals surface area contributed by atoms with Crippen molar-refractivity contribution in [3.8, 4) is 11.6 Å². The van der Waals surface area contributed by atoms with Crippen molar-refractivity contribution in [2.75, 3.05) is 0 Å². The van der Waals surface area contributed by atoms with Gasteiger partial charge in [0, 0.05) is 19.1 Å². The van der Waals surface area contributed by atoms with Crippen LogP contribution in [-0.2, 0) is 19.8 Å². The molecule has 0 spiro atoms. The quantitative estimate of drug-likeness (QED) is 0.517. The molecule has 3 aromatic heterocycles. The van der Waals surface area contributed by atoms with Gasteiger partial charge in [0.05, 0.1) is 23.0 Å². The topological polar surface area (TPSA) is 61.7 Å². The highest BCUT2D eigenvalue weighted by Gasteiger charge is 2.15. The van der Waals surface area contributed by atoms with Gasteiger partial charge in [0.25, 0.3) is 0 Å². The molecule has 122 valence electrons. The Labute approximate surface area is 147 Å². The molecule has 0 unspecified atom stereocenters. The van der Waals surface area contributed by atoms with Crippen LogP contribution < -0.4 is 0 Å². The van der Waals surface area contributed by atoms with E-state index in [1.54, 1.807) is 18.0 Å². The van der Waals surface area contributed by atoms with Gasteiger partial charge in [0.15, 0.2) is 16.7 Å². The number of furan rings is 1. The third-order valence-corrected chi connectivity index (χ3v) is 5.09. The summed E-state index contributed by atoms with van der Waals surface area (Å²) >= 11 is 7.62. The van der Waals surface area contributed by atoms with Crippen molar-refractivity contribution < 1.29 is 4.42 Å². The molecule has 0 amide bonds. The fourth-order valence-electron chi connectivity index (χ4n) is 2.54. The first kappa shape index (κ1) is 15.3. The summed E-state index contributed by atoms with van der Waals surface area (Å²) < 4.78 is 9.38. The maximum absolute atomic E-state index is 6.04. The Morgan fingerprint density at radius 1 is 1.17 bits per heavy atom. The first-order chi connectivity index (χ1) is 11.6. The SMILES string of the molecule is Cn1c(SCc2nc3cc(Cl)ccc3n2C)nnc1-c1ccco1. The van der Waals surface area contributed by atoms with Crippen LogP contribution in [0.4, 0.5) is 0 Å². The first-order valence-electron chi connectivity index (χ1n) is 7.30. The molecular formula is C16H14ClN5OS. The number of halogens is 1. The molecule has 0 atom stereocenters. The number of rotatable bonds is 4. The molecule has 8 heteroatoms. The molecule has 0 saturated heterocycles. The van der Waals surface area contributed by atoms with E-state index in [0.29, 0.717) is 22.4 Å². The summed E-state index contributed by atoms with van der Waals surface area (Å²) in [6, 6.07) is 9.44. The second-order valence-corrected chi connectivity index (χ2v) is 6.73. The van der Waals surface area contributed by atoms with Gasteiger partial charge in [-0.1, -0.05) is 23.4 Å². The molecular weight excluding hydrogens is 346 g/mol. The van der Waals surface area contributed by atoms with Crippen LogP contribution in [0.3, 0.4) is 0 Å². The predicted octanol–water partition coefficient (Wildman–Crippen LogP) is 3.91. The first-order valence-corrected chi connectivity index (χ1v) is 8.67. The number of hydrogen-bond donors (Lipinski definition) is 0. The van der Waals surface area contributed by atoms with E-state index in [2.05, 4.69) is 19.7 Å². The van der Waals surface area contributed by atoms with Crippen LogP contribution in [0.25, 0.3) is 22.6 Å². The minimum Gasteiger partial charge on any atom is -0.461 e. The predicted molar refractivity (Wildman–Crippen MR) is 94.0 cm³/mol. The average molecular weight is 360 g/mol. The molecule has 4 aromatic rings. The lowest BCUT2D eigenvalue weighted by Gasteiger charge is -2.03. The van der Waals surface area contributed by atoms with Gasteiger partial charge in [-0.25, -0.2) is 4.98 Å². The molecule has 0 bridgehead atoms. The van der Waals surface area contributed by atoms with Crippen LogP contribution in [0.5, 0.6) is 0 Å². The minimum atomic E-state index is 0.687. The van der Waals surface area contributed by atoms with Crippen LogP contribution in [0.2, 0.25) is 5.02 Å². The Balaban J connectivity index is 1.58. The molecule has 3 heterocycles. The van der Waals surface area contributed by atoms with E-state index in [-0.39, 0.29) is 0 Å². The maximum Gasteiger partial charge on any atom is 0.200 e. The molecule has 0 aliphatic rings. The zero-order chi connectivity index (χ0) is 16.7. The number of benzene rings is 1. The summed E-state index contributed by atoms with van der Waals surface area (Å²) in [5.41, 5.74) is 1.96. The number of nitrogens with zero attached hydrogens (tertiary/aromatic N) is 5. The van der Waals surface area contributed by atoms with Crippen molar-refractivity contribution in [2.24, 2.45) is 14.1 Å². The number of aromatic nitrogens is 5. The molecule has 0 aliphatic carbocycles. The van der Waals surface area contributed by atoms with Crippen molar-refractivity contribution in [1.29, 1.82) is 0 Å². The Bertz CT molecular complexity index is 1010. The number of hydrogen-bond acceptors (Lipinski definition) is 5. The van der Waals surface area contributed by atoms with E-state index in [9.17, 15) is 0 Å². The number of thioether (sulfide) groups is 1. The van der Waals surface area contributed by atoms with Crippen LogP contribution in [0.1, 0.15) is 5.82 Å². The lowest BCUT2D eigenvalue weighted by atomic mass is 10.3. The molecule has 6 nitrogen and oxygen atoms in total. The highest BCUT2D eigenvalue weighted by Crippen LogP contribution is 2.27. The van der Waals surface area contributed by atoms with Crippen LogP contribution in [0.15, 0.2) is 46.2 Å². The van der Waals surface area contributed by atoms with Gasteiger partial charge in [0.2, 0.25) is 0 Å². The normalized spacial score (nSPS) is 11.5. The molecule has 1 aromatic carbocycles. The summed E-state index contributed by atoms with van der Waals surface area (Å²) in [5.74, 6) is 3.06. The molecule has 0 aliphatic heterocycles. The Morgan fingerprint density at radius 2 is 2.04 bits per heavy atom. The van der Waals surface area contributed by atoms with Crippen LogP contribution >= 0.6 is 23.4 Å². The fourth-order valence-corrected chi connectivity index (χ4v) is 3.60. The summed E-state index contributed by atoms with van der Waals surface area (Å²) in [4.78, 5) is 4.66. The van der Waals surface area contributed by atoms with Crippen molar-refractivity contribution in [3.63, 3.8) is 0 Å². The largest absolute Gasteiger partial charge is 0.461 e. The van der Waals surface area contributed by atoms with E-state index < -0.39 is 0 Å². The zero-order valence-electron chi connectivity index (χ0n) is 13.1. The van der Waals surface area contributed by atoms with Gasteiger partial charge in [-0.2, -0.15) is 0 Å². The molecule has 0 radical (unpaired) electrons. The Morgan fingerprint density at radius 3 is 2.83 bits per heavy atom. The third-order valence-electron chi connectivity index (χ3n) is 3.84. The fraction of sp³-hybridized carbons (Fsp3) is 0.188. The van der Waals surface area contributed by atoms with Crippen LogP contribution in [-0.4, -0.2) is 24.3 Å². The number of imidazole rings is 1. The van der Waals surface area contributed by atoms with E-state index in [1.165, 1.54) is 0 Å². The van der Waals surface area contributed by atoms with E-state index in [4.69, 9.17) is 16.0 Å². The zero-order valence-corrected chi connectivity index (χ0v) is 14.7. The van der Waals surface area contributed by atoms with E-state index in [0.717, 1.165) is 22.0 Å². The van der Waals surface area contributed by atoms with Gasteiger partial charge < -0.3 is 13.6 Å². The Hall–Kier alpha value is -2.25. The van der Waals surface area contributed by atoms with Gasteiger partial charge in [0.1, 0.15) is 5.82 Å². The summed E-state index contributed by atoms with van der Waals surface area (Å²) in [7, 11) is 3.93. The van der Waals surface area contributed by atoms with Crippen LogP contribution in [0, 0.1) is 0 Å². The summed E-state index contributed by atoms with van der Waals surface area (Å²) in [6.07, 6.45) is 1.63. The monoisotopic (exact) mass is 359 g/mol. The van der Waals surface area contributed by atoms with Crippen molar-refractivity contribution in [3.05, 3.63) is 47.4 Å². The van der Waals surface area contributed by atoms with E-state index in [1.807, 2.05) is 49.0 Å². The second-order valence-electron chi connectivity index (χ2n) is 5.35. The lowest BCUT2D eigenvalue weighted by Crippen LogP contribution is -1.98. The van der Waals surface area contributed by atoms with Crippen molar-refractivity contribution in [1.82, 2.24) is 24.3 Å².